The van der Waals surface area contributed by atoms with Crippen molar-refractivity contribution in [3.8, 4) is 0 Å². The molecule has 0 saturated carbocycles. The standard InChI is InChI=1S/C14H14Br2N4O/c1-2-7-17-10-6-4-3-5-9(10)14(21)20-13-12(16)19-11(15)8-18-13/h3-6,8,17H,2,7H2,1H3,(H,18,20,21). The molecular weight excluding hydrogens is 400 g/mol. The van der Waals surface area contributed by atoms with Crippen LogP contribution in [0.2, 0.25) is 0 Å². The predicted molar refractivity (Wildman–Crippen MR) is 90.6 cm³/mol. The van der Waals surface area contributed by atoms with Gasteiger partial charge in [0, 0.05) is 12.2 Å². The van der Waals surface area contributed by atoms with E-state index in [0.717, 1.165) is 18.7 Å². The Labute approximate surface area is 139 Å². The Morgan fingerprint density at radius 2 is 2.05 bits per heavy atom. The Morgan fingerprint density at radius 3 is 2.76 bits per heavy atom. The highest BCUT2D eigenvalue weighted by Crippen LogP contribution is 2.22. The third-order valence-corrected chi connectivity index (χ3v) is 3.60. The molecule has 0 radical (unpaired) electrons. The normalized spacial score (nSPS) is 10.2. The van der Waals surface area contributed by atoms with Crippen LogP contribution in [0.1, 0.15) is 23.7 Å². The van der Waals surface area contributed by atoms with Gasteiger partial charge in [-0.3, -0.25) is 4.79 Å². The van der Waals surface area contributed by atoms with Gasteiger partial charge in [0.1, 0.15) is 9.21 Å². The summed E-state index contributed by atoms with van der Waals surface area (Å²) < 4.78 is 1.07. The number of hydrogen-bond acceptors (Lipinski definition) is 4. The highest BCUT2D eigenvalue weighted by atomic mass is 79.9. The number of nitrogens with one attached hydrogen (secondary N) is 2. The largest absolute Gasteiger partial charge is 0.384 e. The van der Waals surface area contributed by atoms with Crippen molar-refractivity contribution in [2.24, 2.45) is 0 Å². The molecule has 0 aliphatic carbocycles. The van der Waals surface area contributed by atoms with Crippen LogP contribution in [-0.4, -0.2) is 22.4 Å². The zero-order valence-corrected chi connectivity index (χ0v) is 14.5. The molecule has 2 N–H and O–H groups in total. The average molecular weight is 414 g/mol. The van der Waals surface area contributed by atoms with Gasteiger partial charge in [0.25, 0.3) is 5.91 Å². The second-order valence-electron chi connectivity index (χ2n) is 4.26. The smallest absolute Gasteiger partial charge is 0.258 e. The van der Waals surface area contributed by atoms with Crippen LogP contribution in [0.3, 0.4) is 0 Å². The Balaban J connectivity index is 2.20. The minimum absolute atomic E-state index is 0.230. The second kappa shape index (κ2) is 7.51. The minimum atomic E-state index is -0.230. The van der Waals surface area contributed by atoms with Crippen LogP contribution in [0.25, 0.3) is 0 Å². The van der Waals surface area contributed by atoms with Crippen LogP contribution in [0.4, 0.5) is 11.5 Å². The third-order valence-electron chi connectivity index (χ3n) is 2.67. The Bertz CT molecular complexity index is 649. The maximum absolute atomic E-state index is 12.4. The number of carbonyl (C=O) groups is 1. The van der Waals surface area contributed by atoms with E-state index in [1.165, 1.54) is 6.20 Å². The molecule has 1 aromatic carbocycles. The summed E-state index contributed by atoms with van der Waals surface area (Å²) in [4.78, 5) is 20.6. The van der Waals surface area contributed by atoms with Crippen molar-refractivity contribution in [1.29, 1.82) is 0 Å². The number of aromatic nitrogens is 2. The van der Waals surface area contributed by atoms with E-state index in [0.29, 0.717) is 20.6 Å². The van der Waals surface area contributed by atoms with Crippen LogP contribution >= 0.6 is 31.9 Å². The summed E-state index contributed by atoms with van der Waals surface area (Å²) in [6, 6.07) is 7.37. The van der Waals surface area contributed by atoms with Crippen LogP contribution in [0.15, 0.2) is 39.7 Å². The van der Waals surface area contributed by atoms with Crippen molar-refractivity contribution in [3.63, 3.8) is 0 Å². The number of halogens is 2. The summed E-state index contributed by atoms with van der Waals surface area (Å²) in [5, 5.41) is 5.99. The SMILES string of the molecule is CCCNc1ccccc1C(=O)Nc1ncc(Br)nc1Br. The average Bonchev–Trinajstić information content (AvgIpc) is 2.48. The number of anilines is 2. The second-order valence-corrected chi connectivity index (χ2v) is 5.82. The van der Waals surface area contributed by atoms with E-state index in [4.69, 9.17) is 0 Å². The molecule has 1 heterocycles. The fourth-order valence-corrected chi connectivity index (χ4v) is 2.61. The van der Waals surface area contributed by atoms with Crippen molar-refractivity contribution in [3.05, 3.63) is 45.2 Å². The predicted octanol–water partition coefficient (Wildman–Crippen LogP) is 4.08. The summed E-state index contributed by atoms with van der Waals surface area (Å²) >= 11 is 6.50. The first-order chi connectivity index (χ1) is 10.1. The molecule has 0 unspecified atom stereocenters. The van der Waals surface area contributed by atoms with Gasteiger partial charge in [-0.1, -0.05) is 19.1 Å². The molecule has 21 heavy (non-hydrogen) atoms. The first kappa shape index (κ1) is 15.9. The van der Waals surface area contributed by atoms with E-state index < -0.39 is 0 Å². The van der Waals surface area contributed by atoms with Crippen LogP contribution < -0.4 is 10.6 Å². The van der Waals surface area contributed by atoms with Crippen LogP contribution in [-0.2, 0) is 0 Å². The number of para-hydroxylation sites is 1. The Hall–Kier alpha value is -1.47. The van der Waals surface area contributed by atoms with Crippen molar-refractivity contribution in [2.45, 2.75) is 13.3 Å². The number of amides is 1. The van der Waals surface area contributed by atoms with Gasteiger partial charge < -0.3 is 10.6 Å². The van der Waals surface area contributed by atoms with E-state index in [2.05, 4.69) is 59.4 Å². The zero-order chi connectivity index (χ0) is 15.2. The first-order valence-corrected chi connectivity index (χ1v) is 8.02. The molecule has 0 fully saturated rings. The molecule has 7 heteroatoms. The number of hydrogen-bond donors (Lipinski definition) is 2. The molecular formula is C14H14Br2N4O. The third kappa shape index (κ3) is 4.25. The fraction of sp³-hybridized carbons (Fsp3) is 0.214. The lowest BCUT2D eigenvalue weighted by Crippen LogP contribution is -2.16. The monoisotopic (exact) mass is 412 g/mol. The summed E-state index contributed by atoms with van der Waals surface area (Å²) in [6.45, 7) is 2.89. The molecule has 0 saturated heterocycles. The van der Waals surface area contributed by atoms with Gasteiger partial charge in [-0.2, -0.15) is 0 Å². The Morgan fingerprint density at radius 1 is 1.29 bits per heavy atom. The molecule has 5 nitrogen and oxygen atoms in total. The number of rotatable bonds is 5. The number of nitrogens with zero attached hydrogens (tertiary/aromatic N) is 2. The number of benzene rings is 1. The molecule has 0 bridgehead atoms. The topological polar surface area (TPSA) is 66.9 Å². The summed E-state index contributed by atoms with van der Waals surface area (Å²) in [5.74, 6) is 0.153. The summed E-state index contributed by atoms with van der Waals surface area (Å²) in [7, 11) is 0. The first-order valence-electron chi connectivity index (χ1n) is 6.44. The molecule has 0 spiro atoms. The van der Waals surface area contributed by atoms with E-state index in [-0.39, 0.29) is 5.91 Å². The molecule has 2 rings (SSSR count). The van der Waals surface area contributed by atoms with Crippen molar-refractivity contribution in [2.75, 3.05) is 17.2 Å². The highest BCUT2D eigenvalue weighted by molar-refractivity contribution is 9.11. The van der Waals surface area contributed by atoms with Gasteiger partial charge in [0.05, 0.1) is 11.8 Å². The minimum Gasteiger partial charge on any atom is -0.384 e. The van der Waals surface area contributed by atoms with Gasteiger partial charge in [-0.25, -0.2) is 9.97 Å². The summed E-state index contributed by atoms with van der Waals surface area (Å²) in [5.41, 5.74) is 1.38. The quantitative estimate of drug-likeness (QED) is 0.774. The van der Waals surface area contributed by atoms with Crippen LogP contribution in [0.5, 0.6) is 0 Å². The lowest BCUT2D eigenvalue weighted by molar-refractivity contribution is 0.102. The van der Waals surface area contributed by atoms with Crippen molar-refractivity contribution < 1.29 is 4.79 Å². The molecule has 1 amide bonds. The van der Waals surface area contributed by atoms with Gasteiger partial charge >= 0.3 is 0 Å². The van der Waals surface area contributed by atoms with Crippen molar-refractivity contribution >= 4 is 49.3 Å². The molecule has 1 aromatic heterocycles. The maximum Gasteiger partial charge on any atom is 0.258 e. The Kier molecular flexibility index (Phi) is 5.69. The highest BCUT2D eigenvalue weighted by Gasteiger charge is 2.13. The summed E-state index contributed by atoms with van der Waals surface area (Å²) in [6.07, 6.45) is 2.52. The molecule has 0 aliphatic rings. The lowest BCUT2D eigenvalue weighted by Gasteiger charge is -2.11. The van der Waals surface area contributed by atoms with Gasteiger partial charge in [0.15, 0.2) is 5.82 Å². The van der Waals surface area contributed by atoms with Gasteiger partial charge in [-0.05, 0) is 50.4 Å². The van der Waals surface area contributed by atoms with Crippen molar-refractivity contribution in [1.82, 2.24) is 9.97 Å². The molecule has 0 aliphatic heterocycles. The molecule has 2 aromatic rings. The van der Waals surface area contributed by atoms with E-state index in [1.807, 2.05) is 18.2 Å². The van der Waals surface area contributed by atoms with Gasteiger partial charge in [-0.15, -0.1) is 0 Å². The van der Waals surface area contributed by atoms with Gasteiger partial charge in [0.2, 0.25) is 0 Å². The van der Waals surface area contributed by atoms with Crippen LogP contribution in [0, 0.1) is 0 Å². The van der Waals surface area contributed by atoms with E-state index in [1.54, 1.807) is 6.07 Å². The van der Waals surface area contributed by atoms with E-state index in [9.17, 15) is 4.79 Å². The number of carbonyl (C=O) groups excluding carboxylic acids is 1. The van der Waals surface area contributed by atoms with E-state index >= 15 is 0 Å². The molecule has 0 atom stereocenters. The zero-order valence-electron chi connectivity index (χ0n) is 11.4. The lowest BCUT2D eigenvalue weighted by atomic mass is 10.1. The molecule has 110 valence electrons. The maximum atomic E-state index is 12.4. The fourth-order valence-electron chi connectivity index (χ4n) is 1.70.